The van der Waals surface area contributed by atoms with Crippen LogP contribution in [0.5, 0.6) is 0 Å². The van der Waals surface area contributed by atoms with Gasteiger partial charge in [0.2, 0.25) is 29.5 Å². The number of unbranched alkanes of at least 4 members (excludes halogenated alkanes) is 3. The minimum Gasteiger partial charge on any atom is -0.394 e. The van der Waals surface area contributed by atoms with Gasteiger partial charge in [-0.2, -0.15) is 0 Å². The number of halogens is 1. The number of hydrogen-bond donors (Lipinski definition) is 25. The SMILES string of the molecule is CC(C)[C@H](NC(=O)[C@H](CCCCNC(=O)NCCOCCOCCNC(=O)[C@@H](O)[C@@H](O)[C@H](O)[C@@H](O)C(=O)NCCOCCOCCOCCOCCC(=O)NC[C@H](O)[C@@H](O)[C@H](O)[C@H](O)CNC(=O)[C@H](O)[C@@H](O)[C@H](O)[C@H](O)CO)NC(=O)CCCCCN1C(=O)C=CC1=O)C(=O)N[C@@H](CCCNC(N)=O)C(=O)Nc1ccc(COI)cc1. The summed E-state index contributed by atoms with van der Waals surface area (Å²) in [7, 11) is 0. The van der Waals surface area contributed by atoms with Gasteiger partial charge in [-0.15, -0.1) is 0 Å². The number of carbonyl (C=O) groups is 12. The van der Waals surface area contributed by atoms with Crippen LogP contribution in [-0.2, 0) is 86.0 Å². The first-order chi connectivity index (χ1) is 55.3. The number of urea groups is 2. The molecule has 1 heterocycles. The van der Waals surface area contributed by atoms with Gasteiger partial charge in [-0.3, -0.25) is 52.8 Å². The summed E-state index contributed by atoms with van der Waals surface area (Å²) in [5.41, 5.74) is 6.50. The molecule has 1 aromatic rings. The van der Waals surface area contributed by atoms with Gasteiger partial charge in [0.25, 0.3) is 29.5 Å². The van der Waals surface area contributed by atoms with Crippen LogP contribution < -0.4 is 64.2 Å². The summed E-state index contributed by atoms with van der Waals surface area (Å²) < 4.78 is 37.3. The number of aliphatic hydroxyl groups is 13. The Hall–Kier alpha value is -7.67. The molecule has 1 aliphatic heterocycles. The van der Waals surface area contributed by atoms with Gasteiger partial charge in [0.05, 0.1) is 105 Å². The molecule has 116 heavy (non-hydrogen) atoms. The molecule has 0 unspecified atom stereocenters. The van der Waals surface area contributed by atoms with Crippen molar-refractivity contribution in [2.24, 2.45) is 11.7 Å². The van der Waals surface area contributed by atoms with E-state index in [0.717, 1.165) is 10.5 Å². The van der Waals surface area contributed by atoms with Crippen LogP contribution in [-0.4, -0.2) is 372 Å². The van der Waals surface area contributed by atoms with Gasteiger partial charge >= 0.3 is 12.1 Å². The second-order valence-corrected chi connectivity index (χ2v) is 27.3. The molecular formula is C70H118IN13O32. The lowest BCUT2D eigenvalue weighted by Crippen LogP contribution is -2.57. The summed E-state index contributed by atoms with van der Waals surface area (Å²) >= 11 is 1.76. The number of benzene rings is 1. The minimum atomic E-state index is -2.33. The third-order valence-corrected chi connectivity index (χ3v) is 17.4. The number of hydrogen-bond acceptors (Lipinski definition) is 32. The van der Waals surface area contributed by atoms with Crippen LogP contribution in [0.1, 0.15) is 83.6 Å². The van der Waals surface area contributed by atoms with E-state index in [1.54, 1.807) is 61.1 Å². The van der Waals surface area contributed by atoms with Crippen LogP contribution in [0, 0.1) is 5.92 Å². The Morgan fingerprint density at radius 1 is 0.431 bits per heavy atom. The summed E-state index contributed by atoms with van der Waals surface area (Å²) in [5.74, 6) is -8.06. The van der Waals surface area contributed by atoms with E-state index in [4.69, 9.17) is 42.3 Å². The Balaban J connectivity index is 1.63. The Kier molecular flexibility index (Phi) is 54.7. The number of carbonyl (C=O) groups excluding carboxylic acids is 12. The van der Waals surface area contributed by atoms with E-state index in [2.05, 4.69) is 53.2 Å². The van der Waals surface area contributed by atoms with Crippen LogP contribution >= 0.6 is 23.0 Å². The normalized spacial score (nSPS) is 16.0. The molecular weight excluding hydrogens is 1660 g/mol. The number of nitrogens with zero attached hydrogens (tertiary/aromatic N) is 1. The first-order valence-corrected chi connectivity index (χ1v) is 38.6. The van der Waals surface area contributed by atoms with Crippen molar-refractivity contribution in [1.29, 1.82) is 0 Å². The van der Waals surface area contributed by atoms with E-state index in [0.29, 0.717) is 44.4 Å². The summed E-state index contributed by atoms with van der Waals surface area (Å²) in [6.45, 7) is 2.15. The van der Waals surface area contributed by atoms with Gasteiger partial charge in [0.15, 0.2) is 18.3 Å². The average molecular weight is 1780 g/mol. The van der Waals surface area contributed by atoms with E-state index in [9.17, 15) is 119 Å². The van der Waals surface area contributed by atoms with E-state index in [1.165, 1.54) is 12.2 Å². The zero-order valence-electron chi connectivity index (χ0n) is 64.8. The van der Waals surface area contributed by atoms with Crippen molar-refractivity contribution in [3.8, 4) is 0 Å². The fourth-order valence-corrected chi connectivity index (χ4v) is 10.7. The topological polar surface area (TPSA) is 694 Å². The van der Waals surface area contributed by atoms with Crippen molar-refractivity contribution in [3.05, 3.63) is 42.0 Å². The lowest BCUT2D eigenvalue weighted by molar-refractivity contribution is -0.155. The number of amides is 14. The summed E-state index contributed by atoms with van der Waals surface area (Å²) in [4.78, 5) is 153. The maximum Gasteiger partial charge on any atom is 0.314 e. The minimum absolute atomic E-state index is 0.00424. The lowest BCUT2D eigenvalue weighted by atomic mass is 10.0. The Bertz CT molecular complexity index is 3110. The maximum atomic E-state index is 14.1. The molecule has 0 radical (unpaired) electrons. The molecule has 0 spiro atoms. The smallest absolute Gasteiger partial charge is 0.314 e. The zero-order chi connectivity index (χ0) is 86.5. The highest BCUT2D eigenvalue weighted by Gasteiger charge is 2.39. The first-order valence-electron chi connectivity index (χ1n) is 37.7. The fraction of sp³-hybridized carbons (Fsp3) is 0.714. The molecule has 0 fully saturated rings. The van der Waals surface area contributed by atoms with Crippen LogP contribution in [0.25, 0.3) is 0 Å². The molecule has 46 heteroatoms. The first kappa shape index (κ1) is 104. The summed E-state index contributed by atoms with van der Waals surface area (Å²) in [5, 5.41) is 157. The molecule has 45 nitrogen and oxygen atoms in total. The maximum absolute atomic E-state index is 14.1. The van der Waals surface area contributed by atoms with E-state index in [1.807, 2.05) is 5.32 Å². The van der Waals surface area contributed by atoms with Crippen LogP contribution in [0.3, 0.4) is 0 Å². The predicted molar refractivity (Wildman–Crippen MR) is 412 cm³/mol. The van der Waals surface area contributed by atoms with Crippen molar-refractivity contribution in [2.75, 3.05) is 144 Å². The van der Waals surface area contributed by atoms with Crippen molar-refractivity contribution in [2.45, 2.75) is 176 Å². The number of ether oxygens (including phenoxy) is 6. The molecule has 1 aromatic carbocycles. The van der Waals surface area contributed by atoms with Gasteiger partial charge in [0, 0.05) is 83.0 Å². The zero-order valence-corrected chi connectivity index (χ0v) is 67.0. The van der Waals surface area contributed by atoms with E-state index >= 15 is 0 Å². The monoisotopic (exact) mass is 1780 g/mol. The number of rotatable bonds is 66. The van der Waals surface area contributed by atoms with Crippen LogP contribution in [0.15, 0.2) is 36.4 Å². The quantitative estimate of drug-likeness (QED) is 0.0164. The van der Waals surface area contributed by atoms with Gasteiger partial charge in [0.1, 0.15) is 83.9 Å². The van der Waals surface area contributed by atoms with Crippen LogP contribution in [0.4, 0.5) is 15.3 Å². The molecule has 662 valence electrons. The van der Waals surface area contributed by atoms with Gasteiger partial charge < -0.3 is 162 Å². The third-order valence-electron chi connectivity index (χ3n) is 17.1. The largest absolute Gasteiger partial charge is 0.394 e. The molecule has 0 bridgehead atoms. The molecule has 0 aromatic heterocycles. The van der Waals surface area contributed by atoms with E-state index < -0.39 is 188 Å². The molecule has 26 N–H and O–H groups in total. The Labute approximate surface area is 683 Å². The third kappa shape index (κ3) is 43.7. The molecule has 0 aliphatic carbocycles. The second-order valence-electron chi connectivity index (χ2n) is 26.7. The van der Waals surface area contributed by atoms with Gasteiger partial charge in [-0.25, -0.2) is 9.59 Å². The number of nitrogens with two attached hydrogens (primary N) is 1. The van der Waals surface area contributed by atoms with Crippen LogP contribution in [0.2, 0.25) is 0 Å². The van der Waals surface area contributed by atoms with Crippen molar-refractivity contribution in [3.63, 3.8) is 0 Å². The average Bonchev–Trinajstić information content (AvgIpc) is 1.67. The molecule has 0 saturated heterocycles. The van der Waals surface area contributed by atoms with Crippen molar-refractivity contribution in [1.82, 2.24) is 58.1 Å². The molecule has 14 amide bonds. The summed E-state index contributed by atoms with van der Waals surface area (Å²) in [6.07, 6.45) is -21.0. The number of aliphatic hydroxyl groups excluding tert-OH is 13. The molecule has 15 atom stereocenters. The number of nitrogens with one attached hydrogen (secondary N) is 11. The van der Waals surface area contributed by atoms with Gasteiger partial charge in [-0.1, -0.05) is 32.4 Å². The van der Waals surface area contributed by atoms with Gasteiger partial charge in [-0.05, 0) is 68.6 Å². The second kappa shape index (κ2) is 60.8. The summed E-state index contributed by atoms with van der Waals surface area (Å²) in [6, 6.07) is 2.07. The predicted octanol–water partition coefficient (Wildman–Crippen LogP) is -9.72. The molecule has 0 saturated carbocycles. The van der Waals surface area contributed by atoms with Crippen molar-refractivity contribution < 1.29 is 155 Å². The molecule has 1 aliphatic rings. The van der Waals surface area contributed by atoms with Crippen molar-refractivity contribution >= 4 is 99.8 Å². The highest BCUT2D eigenvalue weighted by Crippen LogP contribution is 2.16. The number of anilines is 1. The lowest BCUT2D eigenvalue weighted by Gasteiger charge is -2.28. The highest BCUT2D eigenvalue weighted by atomic mass is 127. The van der Waals surface area contributed by atoms with E-state index in [-0.39, 0.29) is 151 Å². The fourth-order valence-electron chi connectivity index (χ4n) is 10.3. The Morgan fingerprint density at radius 2 is 0.879 bits per heavy atom. The Morgan fingerprint density at radius 3 is 1.39 bits per heavy atom. The standard InChI is InChI=1S/C70H118IN13O32/c1-41(2)53(65(104)82-45(10-8-20-75-69(72)108)63(102)80-43-14-12-42(13-15-43)40-116-71)83-64(103)44(81-50(90)11-4-3-7-24-84-51(91)16-17-52(84)92)9-5-6-19-76-70(109)77-23-28-113-31-30-111-26-21-73-66(105)61(100)58(97)59(98)62(101)67(106)74-22-27-112-32-34-115-36-35-114-33-29-110-25-18-49(89)78-37-46(86)54(93)55(94)47(87)38-79-68(107)60(99)57(96)56(95)48(88)39-85/h12-17,41,44-48,53-62,85-88,93-101H,3-11,18-40H2,1-2H3,(H,73,105)(H,74,106)(H,78,89)(H,79,107)(H,80,102)(H,81,90)(H,82,104)(H,83,103)(H3,72,75,108)(H2,76,77,109)/t44-,45-,46-,47+,48+,53-,54+,55+,56+,57-,58-,59-,60+,61-,62+/m0/s1. The number of primary amides is 1. The molecule has 2 rings (SSSR count). The number of imide groups is 1. The highest BCUT2D eigenvalue weighted by molar-refractivity contribution is 14.1.